The molecule has 0 aromatic carbocycles. The molecule has 0 aliphatic rings. The van der Waals surface area contributed by atoms with Gasteiger partial charge in [0.25, 0.3) is 0 Å². The molecule has 0 saturated heterocycles. The van der Waals surface area contributed by atoms with Crippen molar-refractivity contribution in [3.63, 3.8) is 0 Å². The highest BCUT2D eigenvalue weighted by Crippen LogP contribution is 2.44. The molecule has 23 heteroatoms. The molecule has 54 heavy (non-hydrogen) atoms. The lowest BCUT2D eigenvalue weighted by Crippen LogP contribution is -2.33. The molecule has 0 unspecified atom stereocenters. The molecule has 0 radical (unpaired) electrons. The fourth-order valence-electron chi connectivity index (χ4n) is 4.27. The average Bonchev–Trinajstić information content (AvgIpc) is 3.71. The van der Waals surface area contributed by atoms with Gasteiger partial charge in [0.15, 0.2) is 27.7 Å². The maximum absolute atomic E-state index is 13.0. The molecular formula is C31H24F11N7O3S2. The largest absolute Gasteiger partial charge is 0.458 e. The van der Waals surface area contributed by atoms with Crippen molar-refractivity contribution in [2.24, 2.45) is 7.05 Å². The number of rotatable bonds is 6. The van der Waals surface area contributed by atoms with Gasteiger partial charge in [-0.1, -0.05) is 13.8 Å². The van der Waals surface area contributed by atoms with E-state index in [0.29, 0.717) is 35.3 Å². The number of sulfone groups is 1. The van der Waals surface area contributed by atoms with Gasteiger partial charge in [-0.25, -0.2) is 28.4 Å². The molecule has 0 N–H and O–H groups in total. The molecule has 6 rings (SSSR count). The predicted molar refractivity (Wildman–Crippen MR) is 172 cm³/mol. The number of nitrogens with zero attached hydrogens (tertiary/aromatic N) is 7. The number of halogens is 11. The van der Waals surface area contributed by atoms with Crippen LogP contribution in [-0.4, -0.2) is 60.6 Å². The standard InChI is InChI=1S/C16H12F6N4S.C8H3F5N2O.C7H9NO2S/c1-3-27-11-5-9(16(20,21)22)6-23-12(11)14-25-10-4-8(15(17,18)19)7-24-13(10)26(14)2;9-7(10,8(11,12)13)4-1-5-6(14-2-4)16-3-15-5;1-2-11(9,10)7-4-3-5-8-6-7/h4-7H,3H2,1-2H3;1-3H;3-6H,2H2,1H3. The highest BCUT2D eigenvalue weighted by Gasteiger charge is 2.59. The first kappa shape index (κ1) is 41.8. The molecule has 6 heterocycles. The van der Waals surface area contributed by atoms with Gasteiger partial charge < -0.3 is 8.98 Å². The molecule has 0 saturated carbocycles. The van der Waals surface area contributed by atoms with Crippen molar-refractivity contribution in [2.45, 2.75) is 48.1 Å². The molecule has 6 aromatic heterocycles. The van der Waals surface area contributed by atoms with E-state index in [1.165, 1.54) is 17.8 Å². The van der Waals surface area contributed by atoms with Crippen LogP contribution in [0.1, 0.15) is 30.5 Å². The van der Waals surface area contributed by atoms with Crippen molar-refractivity contribution in [3.8, 4) is 11.5 Å². The fourth-order valence-corrected chi connectivity index (χ4v) is 5.91. The minimum absolute atomic E-state index is 0.0172. The van der Waals surface area contributed by atoms with Crippen LogP contribution in [0, 0.1) is 0 Å². The predicted octanol–water partition coefficient (Wildman–Crippen LogP) is 8.93. The zero-order chi connectivity index (χ0) is 40.3. The second-order valence-electron chi connectivity index (χ2n) is 10.6. The molecule has 0 spiro atoms. The molecule has 0 fully saturated rings. The van der Waals surface area contributed by atoms with E-state index in [1.54, 1.807) is 32.2 Å². The van der Waals surface area contributed by atoms with Gasteiger partial charge in [-0.3, -0.25) is 9.97 Å². The van der Waals surface area contributed by atoms with Crippen LogP contribution in [0.3, 0.4) is 0 Å². The van der Waals surface area contributed by atoms with Crippen molar-refractivity contribution in [3.05, 3.63) is 84.4 Å². The smallest absolute Gasteiger partial charge is 0.425 e. The molecule has 0 atom stereocenters. The van der Waals surface area contributed by atoms with Gasteiger partial charge in [-0.05, 0) is 36.1 Å². The van der Waals surface area contributed by atoms with E-state index >= 15 is 0 Å². The summed E-state index contributed by atoms with van der Waals surface area (Å²) in [5.41, 5.74) is -3.06. The summed E-state index contributed by atoms with van der Waals surface area (Å²) in [7, 11) is -1.54. The number of fused-ring (bicyclic) bond motifs is 2. The third kappa shape index (κ3) is 9.40. The van der Waals surface area contributed by atoms with E-state index in [9.17, 15) is 56.7 Å². The molecule has 0 bridgehead atoms. The van der Waals surface area contributed by atoms with Crippen LogP contribution in [-0.2, 0) is 35.2 Å². The van der Waals surface area contributed by atoms with Gasteiger partial charge >= 0.3 is 24.5 Å². The molecule has 10 nitrogen and oxygen atoms in total. The molecule has 0 aliphatic heterocycles. The van der Waals surface area contributed by atoms with Gasteiger partial charge in [0, 0.05) is 42.9 Å². The van der Waals surface area contributed by atoms with E-state index < -0.39 is 51.0 Å². The van der Waals surface area contributed by atoms with Crippen molar-refractivity contribution >= 4 is 44.0 Å². The van der Waals surface area contributed by atoms with Gasteiger partial charge in [0.2, 0.25) is 5.71 Å². The lowest BCUT2D eigenvalue weighted by atomic mass is 10.1. The number of imidazole rings is 1. The Labute approximate surface area is 301 Å². The maximum atomic E-state index is 13.0. The van der Waals surface area contributed by atoms with Crippen LogP contribution < -0.4 is 0 Å². The van der Waals surface area contributed by atoms with Crippen molar-refractivity contribution in [2.75, 3.05) is 11.5 Å². The van der Waals surface area contributed by atoms with Gasteiger partial charge in [-0.15, -0.1) is 11.8 Å². The number of hydrogen-bond acceptors (Lipinski definition) is 10. The van der Waals surface area contributed by atoms with Gasteiger partial charge in [-0.2, -0.15) is 48.3 Å². The van der Waals surface area contributed by atoms with Crippen molar-refractivity contribution in [1.29, 1.82) is 0 Å². The van der Waals surface area contributed by atoms with E-state index in [1.807, 2.05) is 0 Å². The van der Waals surface area contributed by atoms with E-state index in [-0.39, 0.29) is 44.6 Å². The Morgan fingerprint density at radius 3 is 1.96 bits per heavy atom. The second-order valence-corrected chi connectivity index (χ2v) is 14.2. The first-order valence-electron chi connectivity index (χ1n) is 14.9. The summed E-state index contributed by atoms with van der Waals surface area (Å²) in [5, 5.41) is 0. The van der Waals surface area contributed by atoms with Crippen LogP contribution in [0.15, 0.2) is 81.9 Å². The number of aryl methyl sites for hydroxylation is 1. The minimum Gasteiger partial charge on any atom is -0.425 e. The number of thioether (sulfide) groups is 1. The summed E-state index contributed by atoms with van der Waals surface area (Å²) in [4.78, 5) is 22.8. The van der Waals surface area contributed by atoms with Crippen LogP contribution in [0.25, 0.3) is 33.9 Å². The number of pyridine rings is 4. The number of oxazole rings is 1. The number of alkyl halides is 11. The Hall–Kier alpha value is -4.93. The number of aromatic nitrogens is 7. The quantitative estimate of drug-likeness (QED) is 0.119. The summed E-state index contributed by atoms with van der Waals surface area (Å²) >= 11 is 1.14. The lowest BCUT2D eigenvalue weighted by Gasteiger charge is -2.18. The van der Waals surface area contributed by atoms with E-state index in [0.717, 1.165) is 30.3 Å². The topological polar surface area (TPSA) is 130 Å². The monoisotopic (exact) mass is 815 g/mol. The van der Waals surface area contributed by atoms with Crippen molar-refractivity contribution < 1.29 is 61.1 Å². The first-order valence-corrected chi connectivity index (χ1v) is 17.5. The van der Waals surface area contributed by atoms with Crippen molar-refractivity contribution in [1.82, 2.24) is 34.5 Å². The maximum Gasteiger partial charge on any atom is 0.458 e. The highest BCUT2D eigenvalue weighted by molar-refractivity contribution is 7.99. The molecule has 0 aliphatic carbocycles. The Morgan fingerprint density at radius 1 is 0.778 bits per heavy atom. The third-order valence-corrected chi connectivity index (χ3v) is 9.64. The summed E-state index contributed by atoms with van der Waals surface area (Å²) in [6.45, 7) is 3.38. The van der Waals surface area contributed by atoms with Gasteiger partial charge in [0.05, 0.1) is 27.3 Å². The Balaban J connectivity index is 0.000000203. The van der Waals surface area contributed by atoms with E-state index in [2.05, 4.69) is 34.3 Å². The van der Waals surface area contributed by atoms with E-state index in [4.69, 9.17) is 0 Å². The molecular weight excluding hydrogens is 791 g/mol. The Morgan fingerprint density at radius 2 is 1.39 bits per heavy atom. The molecule has 6 aromatic rings. The average molecular weight is 816 g/mol. The highest BCUT2D eigenvalue weighted by atomic mass is 32.2. The zero-order valence-electron chi connectivity index (χ0n) is 27.6. The Bertz CT molecular complexity index is 2330. The Kier molecular flexibility index (Phi) is 12.2. The lowest BCUT2D eigenvalue weighted by molar-refractivity contribution is -0.289. The summed E-state index contributed by atoms with van der Waals surface area (Å²) in [6.07, 6.45) is -9.18. The summed E-state index contributed by atoms with van der Waals surface area (Å²) < 4.78 is 168. The van der Waals surface area contributed by atoms with Crippen LogP contribution in [0.5, 0.6) is 0 Å². The molecule has 0 amide bonds. The van der Waals surface area contributed by atoms with Crippen LogP contribution in [0.2, 0.25) is 0 Å². The number of hydrogen-bond donors (Lipinski definition) is 0. The normalized spacial score (nSPS) is 12.6. The SMILES string of the molecule is CCS(=O)(=O)c1cccnc1.CCSc1cc(C(F)(F)F)cnc1-c1nc2cc(C(F)(F)F)cnc2n1C.FC(F)(F)C(F)(F)c1cnc2ocnc2c1. The molecule has 290 valence electrons. The fraction of sp³-hybridized carbons (Fsp3) is 0.290. The van der Waals surface area contributed by atoms with Crippen LogP contribution >= 0.6 is 11.8 Å². The van der Waals surface area contributed by atoms with Gasteiger partial charge in [0.1, 0.15) is 16.7 Å². The summed E-state index contributed by atoms with van der Waals surface area (Å²) in [5.74, 6) is -4.20. The minimum atomic E-state index is -5.66. The first-order chi connectivity index (χ1) is 25.0. The van der Waals surface area contributed by atoms with Crippen LogP contribution in [0.4, 0.5) is 48.3 Å². The third-order valence-electron chi connectivity index (χ3n) is 7.01. The zero-order valence-corrected chi connectivity index (χ0v) is 29.2. The summed E-state index contributed by atoms with van der Waals surface area (Å²) in [6, 6.07) is 5.57. The second kappa shape index (κ2) is 15.8.